The first kappa shape index (κ1) is 14.7. The molecule has 106 valence electrons. The molecular formula is C15H17ClFN3. The molecule has 3 nitrogen and oxygen atoms in total. The summed E-state index contributed by atoms with van der Waals surface area (Å²) in [6.07, 6.45) is 3.82. The fourth-order valence-corrected chi connectivity index (χ4v) is 2.26. The van der Waals surface area contributed by atoms with Gasteiger partial charge in [-0.3, -0.25) is 0 Å². The molecular weight excluding hydrogens is 277 g/mol. The minimum absolute atomic E-state index is 0.177. The van der Waals surface area contributed by atoms with Crippen LogP contribution in [0.4, 0.5) is 10.2 Å². The van der Waals surface area contributed by atoms with Gasteiger partial charge < -0.3 is 5.32 Å². The van der Waals surface area contributed by atoms with E-state index in [4.69, 9.17) is 11.6 Å². The molecule has 5 heteroatoms. The fourth-order valence-electron chi connectivity index (χ4n) is 2.03. The molecule has 0 aliphatic rings. The van der Waals surface area contributed by atoms with E-state index < -0.39 is 0 Å². The van der Waals surface area contributed by atoms with Crippen LogP contribution in [0.5, 0.6) is 0 Å². The Bertz CT molecular complexity index is 575. The summed E-state index contributed by atoms with van der Waals surface area (Å²) in [6, 6.07) is 6.79. The standard InChI is InChI=1S/C15H17ClFN3/c1-2-5-12-14(16)19-10-20-15(12)18-9-8-11-6-3-4-7-13(11)17/h3-4,6-7,10H,2,5,8-9H2,1H3,(H,18,19,20). The Balaban J connectivity index is 2.01. The molecule has 0 spiro atoms. The number of hydrogen-bond acceptors (Lipinski definition) is 3. The van der Waals surface area contributed by atoms with Crippen molar-refractivity contribution in [3.63, 3.8) is 0 Å². The molecule has 1 heterocycles. The molecule has 0 unspecified atom stereocenters. The molecule has 0 fully saturated rings. The van der Waals surface area contributed by atoms with Crippen molar-refractivity contribution in [1.29, 1.82) is 0 Å². The van der Waals surface area contributed by atoms with Crippen molar-refractivity contribution in [2.24, 2.45) is 0 Å². The molecule has 0 saturated carbocycles. The Labute approximate surface area is 123 Å². The zero-order valence-electron chi connectivity index (χ0n) is 11.4. The number of aromatic nitrogens is 2. The molecule has 0 aliphatic heterocycles. The van der Waals surface area contributed by atoms with Gasteiger partial charge in [0, 0.05) is 12.1 Å². The van der Waals surface area contributed by atoms with Gasteiger partial charge in [-0.05, 0) is 24.5 Å². The molecule has 0 aliphatic carbocycles. The van der Waals surface area contributed by atoms with Crippen LogP contribution in [0.15, 0.2) is 30.6 Å². The number of anilines is 1. The third-order valence-electron chi connectivity index (χ3n) is 3.04. The van der Waals surface area contributed by atoms with Crippen LogP contribution in [0, 0.1) is 5.82 Å². The fraction of sp³-hybridized carbons (Fsp3) is 0.333. The predicted molar refractivity (Wildman–Crippen MR) is 79.6 cm³/mol. The first-order valence-electron chi connectivity index (χ1n) is 6.69. The van der Waals surface area contributed by atoms with Crippen LogP contribution in [0.25, 0.3) is 0 Å². The molecule has 2 aromatic rings. The summed E-state index contributed by atoms with van der Waals surface area (Å²) < 4.78 is 13.5. The lowest BCUT2D eigenvalue weighted by atomic mass is 10.1. The highest BCUT2D eigenvalue weighted by Gasteiger charge is 2.09. The van der Waals surface area contributed by atoms with Gasteiger partial charge in [-0.2, -0.15) is 0 Å². The highest BCUT2D eigenvalue weighted by Crippen LogP contribution is 2.21. The molecule has 0 saturated heterocycles. The van der Waals surface area contributed by atoms with Gasteiger partial charge in [0.15, 0.2) is 0 Å². The quantitative estimate of drug-likeness (QED) is 0.822. The molecule has 1 aromatic carbocycles. The Hall–Kier alpha value is -1.68. The lowest BCUT2D eigenvalue weighted by molar-refractivity contribution is 0.610. The second kappa shape index (κ2) is 7.20. The third-order valence-corrected chi connectivity index (χ3v) is 3.36. The summed E-state index contributed by atoms with van der Waals surface area (Å²) in [4.78, 5) is 8.20. The number of benzene rings is 1. The summed E-state index contributed by atoms with van der Waals surface area (Å²) in [5.74, 6) is 0.562. The zero-order chi connectivity index (χ0) is 14.4. The van der Waals surface area contributed by atoms with E-state index in [1.165, 1.54) is 12.4 Å². The van der Waals surface area contributed by atoms with Gasteiger partial charge >= 0.3 is 0 Å². The van der Waals surface area contributed by atoms with Crippen LogP contribution in [-0.2, 0) is 12.8 Å². The van der Waals surface area contributed by atoms with Gasteiger partial charge in [0.25, 0.3) is 0 Å². The summed E-state index contributed by atoms with van der Waals surface area (Å²) in [7, 11) is 0. The van der Waals surface area contributed by atoms with Crippen LogP contribution < -0.4 is 5.32 Å². The monoisotopic (exact) mass is 293 g/mol. The number of halogens is 2. The van der Waals surface area contributed by atoms with E-state index in [1.807, 2.05) is 6.07 Å². The molecule has 1 N–H and O–H groups in total. The molecule has 0 amide bonds. The van der Waals surface area contributed by atoms with E-state index in [0.717, 1.165) is 24.2 Å². The lowest BCUT2D eigenvalue weighted by Gasteiger charge is -2.11. The molecule has 0 radical (unpaired) electrons. The van der Waals surface area contributed by atoms with Crippen molar-refractivity contribution >= 4 is 17.4 Å². The minimum Gasteiger partial charge on any atom is -0.369 e. The first-order valence-corrected chi connectivity index (χ1v) is 7.06. The first-order chi connectivity index (χ1) is 9.72. The maximum Gasteiger partial charge on any atom is 0.137 e. The van der Waals surface area contributed by atoms with Crippen LogP contribution in [-0.4, -0.2) is 16.5 Å². The zero-order valence-corrected chi connectivity index (χ0v) is 12.1. The highest BCUT2D eigenvalue weighted by atomic mass is 35.5. The van der Waals surface area contributed by atoms with E-state index in [0.29, 0.717) is 23.7 Å². The van der Waals surface area contributed by atoms with E-state index in [9.17, 15) is 4.39 Å². The summed E-state index contributed by atoms with van der Waals surface area (Å²) in [5, 5.41) is 3.69. The third kappa shape index (κ3) is 3.67. The van der Waals surface area contributed by atoms with E-state index in [2.05, 4.69) is 22.2 Å². The van der Waals surface area contributed by atoms with Crippen LogP contribution in [0.2, 0.25) is 5.15 Å². The van der Waals surface area contributed by atoms with Crippen LogP contribution >= 0.6 is 11.6 Å². The Morgan fingerprint density at radius 2 is 2.00 bits per heavy atom. The van der Waals surface area contributed by atoms with E-state index >= 15 is 0 Å². The lowest BCUT2D eigenvalue weighted by Crippen LogP contribution is -2.10. The Morgan fingerprint density at radius 3 is 2.75 bits per heavy atom. The van der Waals surface area contributed by atoms with Gasteiger partial charge in [-0.15, -0.1) is 0 Å². The second-order valence-corrected chi connectivity index (χ2v) is 4.87. The summed E-state index contributed by atoms with van der Waals surface area (Å²) >= 11 is 6.08. The SMILES string of the molecule is CCCc1c(Cl)ncnc1NCCc1ccccc1F. The molecule has 1 aromatic heterocycles. The van der Waals surface area contributed by atoms with Gasteiger partial charge in [0.05, 0.1) is 0 Å². The maximum absolute atomic E-state index is 13.5. The van der Waals surface area contributed by atoms with Gasteiger partial charge in [0.2, 0.25) is 0 Å². The smallest absolute Gasteiger partial charge is 0.137 e. The minimum atomic E-state index is -0.177. The average molecular weight is 294 g/mol. The van der Waals surface area contributed by atoms with Crippen molar-refractivity contribution in [2.45, 2.75) is 26.2 Å². The van der Waals surface area contributed by atoms with Crippen molar-refractivity contribution < 1.29 is 4.39 Å². The summed E-state index contributed by atoms with van der Waals surface area (Å²) in [5.41, 5.74) is 1.61. The van der Waals surface area contributed by atoms with Crippen molar-refractivity contribution in [2.75, 3.05) is 11.9 Å². The largest absolute Gasteiger partial charge is 0.369 e. The summed E-state index contributed by atoms with van der Waals surface area (Å²) in [6.45, 7) is 2.68. The highest BCUT2D eigenvalue weighted by molar-refractivity contribution is 6.30. The normalized spacial score (nSPS) is 10.6. The molecule has 2 rings (SSSR count). The van der Waals surface area contributed by atoms with E-state index in [-0.39, 0.29) is 5.82 Å². The Morgan fingerprint density at radius 1 is 1.20 bits per heavy atom. The van der Waals surface area contributed by atoms with Crippen molar-refractivity contribution in [3.8, 4) is 0 Å². The molecule has 20 heavy (non-hydrogen) atoms. The molecule has 0 bridgehead atoms. The van der Waals surface area contributed by atoms with Crippen molar-refractivity contribution in [1.82, 2.24) is 9.97 Å². The second-order valence-electron chi connectivity index (χ2n) is 4.51. The number of rotatable bonds is 6. The number of nitrogens with one attached hydrogen (secondary N) is 1. The topological polar surface area (TPSA) is 37.8 Å². The predicted octanol–water partition coefficient (Wildman–Crippen LogP) is 3.88. The molecule has 0 atom stereocenters. The Kier molecular flexibility index (Phi) is 5.30. The van der Waals surface area contributed by atoms with Crippen LogP contribution in [0.3, 0.4) is 0 Å². The maximum atomic E-state index is 13.5. The van der Waals surface area contributed by atoms with Gasteiger partial charge in [-0.25, -0.2) is 14.4 Å². The van der Waals surface area contributed by atoms with Gasteiger partial charge in [0.1, 0.15) is 23.1 Å². The number of nitrogens with zero attached hydrogens (tertiary/aromatic N) is 2. The van der Waals surface area contributed by atoms with Crippen molar-refractivity contribution in [3.05, 3.63) is 52.7 Å². The number of hydrogen-bond donors (Lipinski definition) is 1. The average Bonchev–Trinajstić information content (AvgIpc) is 2.44. The van der Waals surface area contributed by atoms with Crippen LogP contribution in [0.1, 0.15) is 24.5 Å². The van der Waals surface area contributed by atoms with Gasteiger partial charge in [-0.1, -0.05) is 43.1 Å². The van der Waals surface area contributed by atoms with E-state index in [1.54, 1.807) is 12.1 Å².